The topological polar surface area (TPSA) is 69.4 Å². The SMILES string of the molecule is Cc1ccc(C(=O)COc2ccccc2[N+](=O)[O-])cc1C. The number of rotatable bonds is 5. The van der Waals surface area contributed by atoms with Crippen molar-refractivity contribution >= 4 is 11.5 Å². The fourth-order valence-corrected chi connectivity index (χ4v) is 1.87. The highest BCUT2D eigenvalue weighted by Crippen LogP contribution is 2.25. The van der Waals surface area contributed by atoms with E-state index in [0.29, 0.717) is 5.56 Å². The minimum atomic E-state index is -0.532. The molecule has 0 saturated heterocycles. The number of carbonyl (C=O) groups is 1. The summed E-state index contributed by atoms with van der Waals surface area (Å²) in [6.07, 6.45) is 0. The lowest BCUT2D eigenvalue weighted by Gasteiger charge is -2.07. The van der Waals surface area contributed by atoms with Gasteiger partial charge in [0.25, 0.3) is 0 Å². The van der Waals surface area contributed by atoms with Crippen LogP contribution < -0.4 is 4.74 Å². The summed E-state index contributed by atoms with van der Waals surface area (Å²) in [6.45, 7) is 3.66. The number of ketones is 1. The van der Waals surface area contributed by atoms with Crippen molar-refractivity contribution < 1.29 is 14.5 Å². The Bertz CT molecular complexity index is 694. The van der Waals surface area contributed by atoms with Gasteiger partial charge in [-0.25, -0.2) is 0 Å². The number of hydrogen-bond acceptors (Lipinski definition) is 4. The number of para-hydroxylation sites is 2. The van der Waals surface area contributed by atoms with Gasteiger partial charge in [0.15, 0.2) is 18.1 Å². The number of nitro benzene ring substituents is 1. The van der Waals surface area contributed by atoms with Crippen LogP contribution in [0.2, 0.25) is 0 Å². The van der Waals surface area contributed by atoms with Gasteiger partial charge in [0.2, 0.25) is 0 Å². The van der Waals surface area contributed by atoms with Crippen LogP contribution in [0, 0.1) is 24.0 Å². The van der Waals surface area contributed by atoms with E-state index < -0.39 is 4.92 Å². The van der Waals surface area contributed by atoms with E-state index >= 15 is 0 Å². The van der Waals surface area contributed by atoms with Crippen LogP contribution in [-0.2, 0) is 0 Å². The van der Waals surface area contributed by atoms with E-state index in [1.54, 1.807) is 24.3 Å². The third kappa shape index (κ3) is 3.45. The Kier molecular flexibility index (Phi) is 4.33. The highest BCUT2D eigenvalue weighted by molar-refractivity contribution is 5.97. The molecule has 0 aromatic heterocycles. The summed E-state index contributed by atoms with van der Waals surface area (Å²) < 4.78 is 5.29. The number of Topliss-reactive ketones (excluding diaryl/α,β-unsaturated/α-hetero) is 1. The predicted molar refractivity (Wildman–Crippen MR) is 78.8 cm³/mol. The quantitative estimate of drug-likeness (QED) is 0.479. The van der Waals surface area contributed by atoms with Crippen LogP contribution >= 0.6 is 0 Å². The lowest BCUT2D eigenvalue weighted by molar-refractivity contribution is -0.385. The largest absolute Gasteiger partial charge is 0.478 e. The van der Waals surface area contributed by atoms with Crippen LogP contribution in [-0.4, -0.2) is 17.3 Å². The zero-order valence-corrected chi connectivity index (χ0v) is 11.8. The van der Waals surface area contributed by atoms with Crippen molar-refractivity contribution in [1.29, 1.82) is 0 Å². The Hall–Kier alpha value is -2.69. The summed E-state index contributed by atoms with van der Waals surface area (Å²) >= 11 is 0. The molecule has 0 saturated carbocycles. The molecule has 0 bridgehead atoms. The maximum absolute atomic E-state index is 12.1. The zero-order valence-electron chi connectivity index (χ0n) is 11.8. The van der Waals surface area contributed by atoms with Crippen molar-refractivity contribution in [1.82, 2.24) is 0 Å². The van der Waals surface area contributed by atoms with Gasteiger partial charge in [-0.2, -0.15) is 0 Å². The van der Waals surface area contributed by atoms with Crippen LogP contribution in [0.3, 0.4) is 0 Å². The molecular formula is C16H15NO4. The Morgan fingerprint density at radius 2 is 1.86 bits per heavy atom. The molecule has 0 radical (unpaired) electrons. The van der Waals surface area contributed by atoms with Crippen LogP contribution in [0.15, 0.2) is 42.5 Å². The Labute approximate surface area is 122 Å². The van der Waals surface area contributed by atoms with Gasteiger partial charge >= 0.3 is 5.69 Å². The molecular weight excluding hydrogens is 270 g/mol. The monoisotopic (exact) mass is 285 g/mol. The average molecular weight is 285 g/mol. The number of carbonyl (C=O) groups excluding carboxylic acids is 1. The molecule has 0 aliphatic rings. The number of nitrogens with zero attached hydrogens (tertiary/aromatic N) is 1. The number of nitro groups is 1. The molecule has 2 aromatic carbocycles. The Morgan fingerprint density at radius 1 is 1.14 bits per heavy atom. The first kappa shape index (κ1) is 14.7. The van der Waals surface area contributed by atoms with Gasteiger partial charge in [-0.1, -0.05) is 24.3 Å². The maximum atomic E-state index is 12.1. The van der Waals surface area contributed by atoms with Gasteiger partial charge in [0.05, 0.1) is 4.92 Å². The summed E-state index contributed by atoms with van der Waals surface area (Å²) in [7, 11) is 0. The van der Waals surface area contributed by atoms with Crippen molar-refractivity contribution in [3.63, 3.8) is 0 Å². The van der Waals surface area contributed by atoms with Crippen molar-refractivity contribution in [2.24, 2.45) is 0 Å². The second kappa shape index (κ2) is 6.17. The van der Waals surface area contributed by atoms with E-state index in [1.165, 1.54) is 12.1 Å². The molecule has 108 valence electrons. The van der Waals surface area contributed by atoms with Crippen molar-refractivity contribution in [3.05, 3.63) is 69.3 Å². The van der Waals surface area contributed by atoms with Gasteiger partial charge in [-0.15, -0.1) is 0 Å². The fraction of sp³-hybridized carbons (Fsp3) is 0.188. The van der Waals surface area contributed by atoms with Crippen molar-refractivity contribution in [2.45, 2.75) is 13.8 Å². The maximum Gasteiger partial charge on any atom is 0.310 e. The molecule has 0 aliphatic heterocycles. The molecule has 21 heavy (non-hydrogen) atoms. The highest BCUT2D eigenvalue weighted by atomic mass is 16.6. The van der Waals surface area contributed by atoms with Gasteiger partial charge < -0.3 is 4.74 Å². The average Bonchev–Trinajstić information content (AvgIpc) is 2.47. The smallest absolute Gasteiger partial charge is 0.310 e. The van der Waals surface area contributed by atoms with Crippen LogP contribution in [0.4, 0.5) is 5.69 Å². The standard InChI is InChI=1S/C16H15NO4/c1-11-7-8-13(9-12(11)2)15(18)10-21-16-6-4-3-5-14(16)17(19)20/h3-9H,10H2,1-2H3. The van der Waals surface area contributed by atoms with Gasteiger partial charge in [-0.3, -0.25) is 14.9 Å². The molecule has 0 N–H and O–H groups in total. The van der Waals surface area contributed by atoms with Gasteiger partial charge in [0.1, 0.15) is 0 Å². The first-order chi connectivity index (χ1) is 9.99. The molecule has 0 aliphatic carbocycles. The first-order valence-corrected chi connectivity index (χ1v) is 6.45. The third-order valence-electron chi connectivity index (χ3n) is 3.25. The third-order valence-corrected chi connectivity index (χ3v) is 3.25. The molecule has 5 nitrogen and oxygen atoms in total. The van der Waals surface area contributed by atoms with Crippen LogP contribution in [0.25, 0.3) is 0 Å². The Morgan fingerprint density at radius 3 is 2.52 bits per heavy atom. The number of aryl methyl sites for hydroxylation is 2. The molecule has 0 unspecified atom stereocenters. The molecule has 0 amide bonds. The minimum Gasteiger partial charge on any atom is -0.478 e. The predicted octanol–water partition coefficient (Wildman–Crippen LogP) is 3.47. The van der Waals surface area contributed by atoms with Crippen molar-refractivity contribution in [3.8, 4) is 5.75 Å². The van der Waals surface area contributed by atoms with Crippen molar-refractivity contribution in [2.75, 3.05) is 6.61 Å². The van der Waals surface area contributed by atoms with E-state index in [4.69, 9.17) is 4.74 Å². The molecule has 0 heterocycles. The summed E-state index contributed by atoms with van der Waals surface area (Å²) in [6, 6.07) is 11.4. The van der Waals surface area contributed by atoms with E-state index in [1.807, 2.05) is 19.9 Å². The van der Waals surface area contributed by atoms with Crippen LogP contribution in [0.5, 0.6) is 5.75 Å². The Balaban J connectivity index is 2.11. The van der Waals surface area contributed by atoms with E-state index in [0.717, 1.165) is 11.1 Å². The molecule has 2 rings (SSSR count). The summed E-state index contributed by atoms with van der Waals surface area (Å²) in [5.41, 5.74) is 2.51. The lowest BCUT2D eigenvalue weighted by atomic mass is 10.0. The number of benzene rings is 2. The van der Waals surface area contributed by atoms with E-state index in [9.17, 15) is 14.9 Å². The van der Waals surface area contributed by atoms with Gasteiger partial charge in [-0.05, 0) is 37.1 Å². The second-order valence-electron chi connectivity index (χ2n) is 4.74. The molecule has 0 atom stereocenters. The molecule has 0 spiro atoms. The van der Waals surface area contributed by atoms with E-state index in [-0.39, 0.29) is 23.8 Å². The minimum absolute atomic E-state index is 0.0969. The summed E-state index contributed by atoms with van der Waals surface area (Å²) in [4.78, 5) is 22.4. The number of ether oxygens (including phenoxy) is 1. The molecule has 0 fully saturated rings. The number of hydrogen-bond donors (Lipinski definition) is 0. The molecule has 5 heteroatoms. The molecule has 2 aromatic rings. The van der Waals surface area contributed by atoms with E-state index in [2.05, 4.69) is 0 Å². The van der Waals surface area contributed by atoms with Gasteiger partial charge in [0, 0.05) is 11.6 Å². The highest BCUT2D eigenvalue weighted by Gasteiger charge is 2.15. The van der Waals surface area contributed by atoms with Crippen LogP contribution in [0.1, 0.15) is 21.5 Å². The normalized spacial score (nSPS) is 10.2. The fourth-order valence-electron chi connectivity index (χ4n) is 1.87. The summed E-state index contributed by atoms with van der Waals surface area (Å²) in [5.74, 6) is -0.115. The lowest BCUT2D eigenvalue weighted by Crippen LogP contribution is -2.12. The summed E-state index contributed by atoms with van der Waals surface area (Å²) in [5, 5.41) is 10.9. The second-order valence-corrected chi connectivity index (χ2v) is 4.74. The zero-order chi connectivity index (χ0) is 15.4. The first-order valence-electron chi connectivity index (χ1n) is 6.45.